The van der Waals surface area contributed by atoms with Crippen LogP contribution in [0.3, 0.4) is 0 Å². The van der Waals surface area contributed by atoms with Crippen LogP contribution < -0.4 is 5.32 Å². The highest BCUT2D eigenvalue weighted by Gasteiger charge is 2.20. The summed E-state index contributed by atoms with van der Waals surface area (Å²) in [5.41, 5.74) is 0. The number of amides is 1. The van der Waals surface area contributed by atoms with Crippen molar-refractivity contribution in [2.75, 3.05) is 13.2 Å². The average molecular weight is 1130 g/mol. The summed E-state index contributed by atoms with van der Waals surface area (Å²) in [6, 6.07) is -0.545. The number of aliphatic hydroxyl groups excluding tert-OH is 2. The van der Waals surface area contributed by atoms with E-state index in [2.05, 4.69) is 43.5 Å². The van der Waals surface area contributed by atoms with Crippen molar-refractivity contribution in [1.82, 2.24) is 5.32 Å². The van der Waals surface area contributed by atoms with E-state index in [4.69, 9.17) is 4.74 Å². The van der Waals surface area contributed by atoms with Gasteiger partial charge in [-0.25, -0.2) is 0 Å². The van der Waals surface area contributed by atoms with Gasteiger partial charge in [0.2, 0.25) is 5.91 Å². The van der Waals surface area contributed by atoms with Crippen molar-refractivity contribution in [3.05, 3.63) is 24.3 Å². The van der Waals surface area contributed by atoms with Gasteiger partial charge in [-0.1, -0.05) is 366 Å². The smallest absolute Gasteiger partial charge is 0.305 e. The van der Waals surface area contributed by atoms with Crippen molar-refractivity contribution >= 4 is 11.9 Å². The Kier molecular flexibility index (Phi) is 68.4. The summed E-state index contributed by atoms with van der Waals surface area (Å²) in [6.45, 7) is 4.99. The molecule has 0 aromatic heterocycles. The molecule has 0 heterocycles. The van der Waals surface area contributed by atoms with Gasteiger partial charge in [-0.15, -0.1) is 0 Å². The lowest BCUT2D eigenvalue weighted by atomic mass is 10.0. The summed E-state index contributed by atoms with van der Waals surface area (Å²) in [5.74, 6) is -0.0196. The summed E-state index contributed by atoms with van der Waals surface area (Å²) in [5, 5.41) is 23.4. The first-order valence-corrected chi connectivity index (χ1v) is 36.6. The molecule has 80 heavy (non-hydrogen) atoms. The van der Waals surface area contributed by atoms with Crippen molar-refractivity contribution in [1.29, 1.82) is 0 Å². The molecule has 0 saturated carbocycles. The monoisotopic (exact) mass is 1130 g/mol. The molecule has 0 aromatic rings. The molecule has 3 N–H and O–H groups in total. The van der Waals surface area contributed by atoms with Gasteiger partial charge in [-0.3, -0.25) is 9.59 Å². The van der Waals surface area contributed by atoms with Crippen LogP contribution in [0, 0.1) is 0 Å². The first kappa shape index (κ1) is 78.3. The Morgan fingerprint density at radius 3 is 0.950 bits per heavy atom. The number of hydrogen-bond donors (Lipinski definition) is 3. The van der Waals surface area contributed by atoms with Gasteiger partial charge in [0.05, 0.1) is 25.4 Å². The fourth-order valence-electron chi connectivity index (χ4n) is 11.7. The lowest BCUT2D eigenvalue weighted by Gasteiger charge is -2.22. The van der Waals surface area contributed by atoms with E-state index in [1.54, 1.807) is 0 Å². The number of unbranched alkanes of at least 4 members (excludes halogenated alkanes) is 54. The Labute approximate surface area is 501 Å². The van der Waals surface area contributed by atoms with Crippen molar-refractivity contribution in [3.63, 3.8) is 0 Å². The Bertz CT molecular complexity index is 1250. The fourth-order valence-corrected chi connectivity index (χ4v) is 11.7. The molecule has 0 fully saturated rings. The number of allylic oxidation sites excluding steroid dienone is 4. The molecule has 474 valence electrons. The molecule has 6 nitrogen and oxygen atoms in total. The molecule has 0 aromatic carbocycles. The lowest BCUT2D eigenvalue weighted by Crippen LogP contribution is -2.45. The predicted molar refractivity (Wildman–Crippen MR) is 352 cm³/mol. The Hall–Kier alpha value is -1.66. The van der Waals surface area contributed by atoms with Gasteiger partial charge < -0.3 is 20.3 Å². The van der Waals surface area contributed by atoms with E-state index >= 15 is 0 Å². The van der Waals surface area contributed by atoms with E-state index in [1.165, 1.54) is 334 Å². The topological polar surface area (TPSA) is 95.9 Å². The average Bonchev–Trinajstić information content (AvgIpc) is 3.46. The van der Waals surface area contributed by atoms with Crippen LogP contribution in [0.15, 0.2) is 24.3 Å². The highest BCUT2D eigenvalue weighted by Crippen LogP contribution is 2.19. The van der Waals surface area contributed by atoms with Crippen LogP contribution in [0.2, 0.25) is 0 Å². The van der Waals surface area contributed by atoms with Gasteiger partial charge in [0.1, 0.15) is 0 Å². The maximum atomic E-state index is 12.6. The second-order valence-electron chi connectivity index (χ2n) is 25.3. The molecular weight excluding hydrogens is 983 g/mol. The minimum Gasteiger partial charge on any atom is -0.466 e. The van der Waals surface area contributed by atoms with Gasteiger partial charge in [0.25, 0.3) is 0 Å². The third-order valence-electron chi connectivity index (χ3n) is 17.3. The highest BCUT2D eigenvalue weighted by molar-refractivity contribution is 5.76. The summed E-state index contributed by atoms with van der Waals surface area (Å²) in [7, 11) is 0. The van der Waals surface area contributed by atoms with E-state index in [-0.39, 0.29) is 18.5 Å². The molecule has 0 radical (unpaired) electrons. The van der Waals surface area contributed by atoms with Crippen molar-refractivity contribution < 1.29 is 24.5 Å². The van der Waals surface area contributed by atoms with Gasteiger partial charge in [-0.2, -0.15) is 0 Å². The van der Waals surface area contributed by atoms with Gasteiger partial charge in [0.15, 0.2) is 0 Å². The predicted octanol–water partition coefficient (Wildman–Crippen LogP) is 23.7. The second kappa shape index (κ2) is 69.8. The standard InChI is InChI=1S/C74H143NO5/c1-3-5-7-9-11-13-15-17-19-20-21-22-30-33-36-39-42-46-50-54-58-62-66-72(77)71(70-76)75-73(78)67-63-59-55-51-47-43-40-37-34-31-28-26-24-23-25-27-29-32-35-38-41-45-49-53-57-61-65-69-80-74(79)68-64-60-56-52-48-44-18-16-14-12-10-8-6-4-2/h23-24,27,29,71-72,76-77H,3-22,25-26,28,30-70H2,1-2H3,(H,75,78)/b24-23-,29-27-. The molecular formula is C74H143NO5. The lowest BCUT2D eigenvalue weighted by molar-refractivity contribution is -0.143. The number of carbonyl (C=O) groups is 2. The summed E-state index contributed by atoms with van der Waals surface area (Å²) in [4.78, 5) is 24.6. The van der Waals surface area contributed by atoms with Crippen LogP contribution in [0.1, 0.15) is 412 Å². The SMILES string of the molecule is CCCCCCCCCCCCCCCCCCCCCCCCC(O)C(CO)NC(=O)CCCCCCCCCCCCC/C=C\C/C=C\CCCCCCCCCCCOC(=O)CCCCCCCCCCCCCCCC. The molecule has 0 aliphatic heterocycles. The van der Waals surface area contributed by atoms with Crippen molar-refractivity contribution in [2.45, 2.75) is 424 Å². The molecule has 1 amide bonds. The summed E-state index contributed by atoms with van der Waals surface area (Å²) in [6.07, 6.45) is 88.0. The maximum absolute atomic E-state index is 12.6. The summed E-state index contributed by atoms with van der Waals surface area (Å²) < 4.78 is 5.49. The Morgan fingerprint density at radius 2 is 0.625 bits per heavy atom. The number of hydrogen-bond acceptors (Lipinski definition) is 5. The number of ether oxygens (including phenoxy) is 1. The van der Waals surface area contributed by atoms with E-state index in [9.17, 15) is 19.8 Å². The van der Waals surface area contributed by atoms with Crippen molar-refractivity contribution in [3.8, 4) is 0 Å². The Balaban J connectivity index is 3.41. The quantitative estimate of drug-likeness (QED) is 0.0320. The molecule has 2 atom stereocenters. The van der Waals surface area contributed by atoms with Crippen LogP contribution in [0.5, 0.6) is 0 Å². The Morgan fingerprint density at radius 1 is 0.350 bits per heavy atom. The van der Waals surface area contributed by atoms with E-state index < -0.39 is 12.1 Å². The number of esters is 1. The molecule has 2 unspecified atom stereocenters. The van der Waals surface area contributed by atoms with Crippen LogP contribution in [-0.4, -0.2) is 47.4 Å². The summed E-state index contributed by atoms with van der Waals surface area (Å²) >= 11 is 0. The number of aliphatic hydroxyl groups is 2. The zero-order chi connectivity index (χ0) is 57.8. The number of nitrogens with one attached hydrogen (secondary N) is 1. The van der Waals surface area contributed by atoms with Crippen LogP contribution in [0.4, 0.5) is 0 Å². The molecule has 0 saturated heterocycles. The minimum absolute atomic E-state index is 0.0138. The highest BCUT2D eigenvalue weighted by atomic mass is 16.5. The minimum atomic E-state index is -0.668. The normalized spacial score (nSPS) is 12.6. The molecule has 0 rings (SSSR count). The third kappa shape index (κ3) is 65.5. The fraction of sp³-hybridized carbons (Fsp3) is 0.919. The van der Waals surface area contributed by atoms with Gasteiger partial charge in [-0.05, 0) is 57.8 Å². The third-order valence-corrected chi connectivity index (χ3v) is 17.3. The van der Waals surface area contributed by atoms with Crippen LogP contribution in [-0.2, 0) is 14.3 Å². The first-order valence-electron chi connectivity index (χ1n) is 36.6. The molecule has 6 heteroatoms. The maximum Gasteiger partial charge on any atom is 0.305 e. The van der Waals surface area contributed by atoms with Crippen LogP contribution >= 0.6 is 0 Å². The molecule has 0 aliphatic carbocycles. The van der Waals surface area contributed by atoms with Crippen LogP contribution in [0.25, 0.3) is 0 Å². The first-order chi connectivity index (χ1) is 39.5. The number of carbonyl (C=O) groups excluding carboxylic acids is 2. The molecule has 0 aliphatic rings. The van der Waals surface area contributed by atoms with E-state index in [0.29, 0.717) is 25.9 Å². The molecule has 0 bridgehead atoms. The van der Waals surface area contributed by atoms with Crippen molar-refractivity contribution in [2.24, 2.45) is 0 Å². The van der Waals surface area contributed by atoms with Gasteiger partial charge >= 0.3 is 5.97 Å². The number of rotatable bonds is 69. The zero-order valence-corrected chi connectivity index (χ0v) is 54.3. The van der Waals surface area contributed by atoms with E-state index in [0.717, 1.165) is 44.9 Å². The largest absolute Gasteiger partial charge is 0.466 e. The van der Waals surface area contributed by atoms with Gasteiger partial charge in [0, 0.05) is 12.8 Å². The molecule has 0 spiro atoms. The zero-order valence-electron chi connectivity index (χ0n) is 54.3. The second-order valence-corrected chi connectivity index (χ2v) is 25.3. The van der Waals surface area contributed by atoms with E-state index in [1.807, 2.05) is 0 Å².